The third kappa shape index (κ3) is 186. The molecule has 2 nitrogen and oxygen atoms in total. The average molecular weight is 127 g/mol. The van der Waals surface area contributed by atoms with Crippen molar-refractivity contribution in [3.8, 4) is 0 Å². The van der Waals surface area contributed by atoms with Crippen LogP contribution in [0.25, 0.3) is 0 Å². The topological polar surface area (TPSA) is 34.1 Å². The van der Waals surface area contributed by atoms with Crippen LogP contribution in [0.1, 0.15) is 7.43 Å². The van der Waals surface area contributed by atoms with E-state index in [1.54, 1.807) is 0 Å². The zero-order valence-corrected chi connectivity index (χ0v) is 2.94. The second-order valence-corrected chi connectivity index (χ2v) is 0.354. The van der Waals surface area contributed by atoms with Crippen LogP contribution >= 0.6 is 0 Å². The molecule has 0 spiro atoms. The Balaban J connectivity index is 0. The molecule has 0 heterocycles. The van der Waals surface area contributed by atoms with Crippen LogP contribution < -0.4 is 0 Å². The van der Waals surface area contributed by atoms with Gasteiger partial charge < -0.3 is 0 Å². The van der Waals surface area contributed by atoms with Crippen molar-refractivity contribution >= 4 is 14.8 Å². The molecule has 0 aliphatic rings. The van der Waals surface area contributed by atoms with E-state index in [0.717, 1.165) is 0 Å². The predicted octanol–water partition coefficient (Wildman–Crippen LogP) is 0.0177. The van der Waals surface area contributed by atoms with Crippen LogP contribution in [0.5, 0.6) is 0 Å². The van der Waals surface area contributed by atoms with Gasteiger partial charge in [-0.05, 0) is 0 Å². The van der Waals surface area contributed by atoms with Crippen LogP contribution in [-0.4, -0.2) is 14.8 Å². The van der Waals surface area contributed by atoms with Crippen molar-refractivity contribution in [2.45, 2.75) is 7.43 Å². The molecule has 0 N–H and O–H groups in total. The van der Waals surface area contributed by atoms with Crippen LogP contribution in [0.15, 0.2) is 0 Å². The van der Waals surface area contributed by atoms with Crippen molar-refractivity contribution in [3.05, 3.63) is 0 Å². The Morgan fingerprint density at radius 1 is 1.25 bits per heavy atom. The van der Waals surface area contributed by atoms with Gasteiger partial charge in [-0.3, -0.25) is 0 Å². The third-order valence-electron chi connectivity index (χ3n) is 0. The van der Waals surface area contributed by atoms with Gasteiger partial charge in [0.25, 0.3) is 0 Å². The summed E-state index contributed by atoms with van der Waals surface area (Å²) in [5.74, 6) is 0. The van der Waals surface area contributed by atoms with Crippen LogP contribution in [0.4, 0.5) is 0 Å². The summed E-state index contributed by atoms with van der Waals surface area (Å²) in [7, 11) is 0. The molecule has 0 atom stereocenters. The van der Waals surface area contributed by atoms with Gasteiger partial charge in [-0.2, -0.15) is 0 Å². The molecule has 0 aromatic heterocycles. The molecule has 0 saturated carbocycles. The summed E-state index contributed by atoms with van der Waals surface area (Å²) >= 11 is -1.62. The molecular weight excluding hydrogens is 123 g/mol. The molecule has 0 aliphatic carbocycles. The van der Waals surface area contributed by atoms with E-state index in [4.69, 9.17) is 7.67 Å². The third-order valence-corrected chi connectivity index (χ3v) is 0. The maximum atomic E-state index is 8.44. The van der Waals surface area contributed by atoms with Crippen molar-refractivity contribution in [2.75, 3.05) is 0 Å². The fourth-order valence-electron chi connectivity index (χ4n) is 0. The second kappa shape index (κ2) is 11.2. The van der Waals surface area contributed by atoms with Crippen LogP contribution in [0.2, 0.25) is 0 Å². The van der Waals surface area contributed by atoms with Crippen molar-refractivity contribution in [1.29, 1.82) is 0 Å². The first-order chi connectivity index (χ1) is 1.41. The Morgan fingerprint density at radius 3 is 1.25 bits per heavy atom. The Bertz CT molecular complexity index is 27.0. The molecular formula is CH4O2Se. The van der Waals surface area contributed by atoms with Crippen molar-refractivity contribution < 1.29 is 7.67 Å². The second-order valence-electron chi connectivity index (χ2n) is 0.0680. The zero-order valence-electron chi connectivity index (χ0n) is 1.22. The van der Waals surface area contributed by atoms with Gasteiger partial charge in [0.05, 0.1) is 0 Å². The number of rotatable bonds is 0. The fraction of sp³-hybridized carbons (Fsp3) is 1.00. The van der Waals surface area contributed by atoms with E-state index in [1.165, 1.54) is 0 Å². The molecule has 0 aromatic carbocycles. The van der Waals surface area contributed by atoms with Crippen LogP contribution in [0.3, 0.4) is 0 Å². The molecule has 0 rings (SSSR count). The fourth-order valence-corrected chi connectivity index (χ4v) is 0. The SMILES string of the molecule is C.O=[Se]=O. The molecule has 3 heteroatoms. The summed E-state index contributed by atoms with van der Waals surface area (Å²) in [6.45, 7) is 0. The van der Waals surface area contributed by atoms with Crippen LogP contribution in [-0.2, 0) is 7.67 Å². The van der Waals surface area contributed by atoms with Crippen molar-refractivity contribution in [2.24, 2.45) is 0 Å². The maximum absolute atomic E-state index is 8.44. The molecule has 0 amide bonds. The predicted molar refractivity (Wildman–Crippen MR) is 13.9 cm³/mol. The van der Waals surface area contributed by atoms with Gasteiger partial charge >= 0.3 is 22.5 Å². The molecule has 0 fully saturated rings. The molecule has 0 aliphatic heterocycles. The first kappa shape index (κ1) is 8.92. The average Bonchev–Trinajstić information content (AvgIpc) is 0.918. The summed E-state index contributed by atoms with van der Waals surface area (Å²) in [4.78, 5) is 0. The summed E-state index contributed by atoms with van der Waals surface area (Å²) in [5, 5.41) is 0. The minimum absolute atomic E-state index is 0. The van der Waals surface area contributed by atoms with Crippen molar-refractivity contribution in [1.82, 2.24) is 0 Å². The van der Waals surface area contributed by atoms with Gasteiger partial charge in [-0.15, -0.1) is 0 Å². The van der Waals surface area contributed by atoms with E-state index in [2.05, 4.69) is 0 Å². The van der Waals surface area contributed by atoms with Crippen molar-refractivity contribution in [3.63, 3.8) is 0 Å². The monoisotopic (exact) mass is 128 g/mol. The van der Waals surface area contributed by atoms with Gasteiger partial charge in [0.2, 0.25) is 0 Å². The van der Waals surface area contributed by atoms with Gasteiger partial charge in [0, 0.05) is 0 Å². The normalized spacial score (nSPS) is 3.00. The zero-order chi connectivity index (χ0) is 2.71. The summed E-state index contributed by atoms with van der Waals surface area (Å²) < 4.78 is 16.9. The molecule has 0 bridgehead atoms. The van der Waals surface area contributed by atoms with Gasteiger partial charge in [0.1, 0.15) is 0 Å². The Labute approximate surface area is 30.8 Å². The Morgan fingerprint density at radius 2 is 1.25 bits per heavy atom. The first-order valence-electron chi connectivity index (χ1n) is 0.333. The van der Waals surface area contributed by atoms with E-state index in [0.29, 0.717) is 0 Å². The molecule has 0 unspecified atom stereocenters. The number of hydrogen-bond donors (Lipinski definition) is 0. The summed E-state index contributed by atoms with van der Waals surface area (Å²) in [6.07, 6.45) is 0. The van der Waals surface area contributed by atoms with Gasteiger partial charge in [-0.25, -0.2) is 0 Å². The molecule has 0 saturated heterocycles. The van der Waals surface area contributed by atoms with E-state index >= 15 is 0 Å². The molecule has 0 radical (unpaired) electrons. The molecule has 0 aromatic rings. The van der Waals surface area contributed by atoms with E-state index in [9.17, 15) is 0 Å². The summed E-state index contributed by atoms with van der Waals surface area (Å²) in [5.41, 5.74) is 0. The molecule has 26 valence electrons. The van der Waals surface area contributed by atoms with E-state index < -0.39 is 14.8 Å². The van der Waals surface area contributed by atoms with E-state index in [-0.39, 0.29) is 7.43 Å². The van der Waals surface area contributed by atoms with Gasteiger partial charge in [0.15, 0.2) is 0 Å². The number of hydrogen-bond acceptors (Lipinski definition) is 2. The van der Waals surface area contributed by atoms with Gasteiger partial charge in [-0.1, -0.05) is 7.43 Å². The Kier molecular flexibility index (Phi) is 24.9. The molecule has 4 heavy (non-hydrogen) atoms. The Hall–Kier alpha value is 0.119. The summed E-state index contributed by atoms with van der Waals surface area (Å²) in [6, 6.07) is 0. The quantitative estimate of drug-likeness (QED) is 0.430. The van der Waals surface area contributed by atoms with E-state index in [1.807, 2.05) is 0 Å². The minimum atomic E-state index is -1.62. The first-order valence-corrected chi connectivity index (χ1v) is 1.73. The standard InChI is InChI=1S/CH4.O2Se/c;1-3-2/h1H4;. The van der Waals surface area contributed by atoms with Crippen LogP contribution in [0, 0.1) is 0 Å².